The van der Waals surface area contributed by atoms with Gasteiger partial charge >= 0.3 is 5.97 Å². The third-order valence-electron chi connectivity index (χ3n) is 6.05. The van der Waals surface area contributed by atoms with Gasteiger partial charge in [0, 0.05) is 27.9 Å². The lowest BCUT2D eigenvalue weighted by molar-refractivity contribution is -0.123. The third kappa shape index (κ3) is 5.26. The second kappa shape index (κ2) is 10.7. The molecule has 0 spiro atoms. The number of fused-ring (bicyclic) bond motifs is 2. The number of rotatable bonds is 7. The van der Waals surface area contributed by atoms with Gasteiger partial charge in [-0.3, -0.25) is 19.1 Å². The number of benzene rings is 3. The maximum atomic E-state index is 13.0. The van der Waals surface area contributed by atoms with Crippen LogP contribution in [0.25, 0.3) is 0 Å². The topological polar surface area (TPSA) is 136 Å². The molecule has 1 unspecified atom stereocenters. The van der Waals surface area contributed by atoms with E-state index in [-0.39, 0.29) is 53.7 Å². The average Bonchev–Trinajstić information content (AvgIpc) is 3.39. The first-order valence-electron chi connectivity index (χ1n) is 11.8. The summed E-state index contributed by atoms with van der Waals surface area (Å²) in [5, 5.41) is 2.58. The van der Waals surface area contributed by atoms with Crippen molar-refractivity contribution in [2.75, 3.05) is 10.0 Å². The van der Waals surface area contributed by atoms with Crippen molar-refractivity contribution in [3.63, 3.8) is 0 Å². The van der Waals surface area contributed by atoms with Gasteiger partial charge in [0.1, 0.15) is 4.21 Å². The van der Waals surface area contributed by atoms with Gasteiger partial charge in [0.2, 0.25) is 0 Å². The summed E-state index contributed by atoms with van der Waals surface area (Å²) >= 11 is 6.70. The van der Waals surface area contributed by atoms with Crippen LogP contribution in [0.15, 0.2) is 83.1 Å². The van der Waals surface area contributed by atoms with Crippen molar-refractivity contribution in [1.82, 2.24) is 0 Å². The third-order valence-corrected chi connectivity index (χ3v) is 9.14. The van der Waals surface area contributed by atoms with Crippen molar-refractivity contribution in [3.8, 4) is 0 Å². The number of amides is 1. The first kappa shape index (κ1) is 27.3. The Morgan fingerprint density at radius 2 is 1.48 bits per heavy atom. The Morgan fingerprint density at radius 1 is 0.850 bits per heavy atom. The summed E-state index contributed by atoms with van der Waals surface area (Å²) in [5.74, 6) is -2.27. The number of sulfonamides is 1. The molecule has 1 amide bonds. The fourth-order valence-electron chi connectivity index (χ4n) is 4.09. The fraction of sp³-hybridized carbons (Fsp3) is 0.0714. The fourth-order valence-corrected chi connectivity index (χ4v) is 6.65. The van der Waals surface area contributed by atoms with E-state index in [9.17, 15) is 27.6 Å². The van der Waals surface area contributed by atoms with Crippen molar-refractivity contribution in [2.24, 2.45) is 0 Å². The van der Waals surface area contributed by atoms with Gasteiger partial charge in [0.05, 0.1) is 15.6 Å². The lowest BCUT2D eigenvalue weighted by Crippen LogP contribution is -2.30. The van der Waals surface area contributed by atoms with E-state index in [1.807, 2.05) is 0 Å². The smallest absolute Gasteiger partial charge is 0.341 e. The van der Waals surface area contributed by atoms with E-state index in [0.717, 1.165) is 11.3 Å². The Kier molecular flexibility index (Phi) is 7.28. The highest BCUT2D eigenvalue weighted by Crippen LogP contribution is 2.30. The minimum absolute atomic E-state index is 0.0391. The second-order valence-electron chi connectivity index (χ2n) is 8.71. The first-order valence-corrected chi connectivity index (χ1v) is 14.4. The Balaban J connectivity index is 1.29. The molecule has 0 radical (unpaired) electrons. The second-order valence-corrected chi connectivity index (χ2v) is 12.3. The number of anilines is 2. The molecule has 12 heteroatoms. The van der Waals surface area contributed by atoms with Crippen LogP contribution in [0.3, 0.4) is 0 Å². The first-order chi connectivity index (χ1) is 19.0. The highest BCUT2D eigenvalue weighted by molar-refractivity contribution is 7.94. The van der Waals surface area contributed by atoms with Gasteiger partial charge in [-0.2, -0.15) is 0 Å². The van der Waals surface area contributed by atoms with Crippen molar-refractivity contribution in [1.29, 1.82) is 0 Å². The Labute approximate surface area is 237 Å². The Hall–Kier alpha value is -4.32. The summed E-state index contributed by atoms with van der Waals surface area (Å²) in [5.41, 5.74) is 1.06. The normalized spacial score (nSPS) is 13.2. The minimum atomic E-state index is -4.02. The number of para-hydroxylation sites is 1. The van der Waals surface area contributed by atoms with E-state index in [4.69, 9.17) is 16.3 Å². The lowest BCUT2D eigenvalue weighted by Gasteiger charge is -2.19. The molecule has 0 fully saturated rings. The minimum Gasteiger partial charge on any atom is -0.449 e. The lowest BCUT2D eigenvalue weighted by atomic mass is 9.84. The van der Waals surface area contributed by atoms with Crippen LogP contribution in [0, 0.1) is 0 Å². The molecule has 0 bridgehead atoms. The number of nitrogens with one attached hydrogen (secondary N) is 2. The van der Waals surface area contributed by atoms with Crippen LogP contribution in [0.5, 0.6) is 0 Å². The average molecular weight is 595 g/mol. The number of carbonyl (C=O) groups excluding carboxylic acids is 4. The molecule has 1 atom stereocenters. The molecule has 0 aliphatic heterocycles. The number of ether oxygens (including phenoxy) is 1. The summed E-state index contributed by atoms with van der Waals surface area (Å²) < 4.78 is 33.3. The van der Waals surface area contributed by atoms with Crippen molar-refractivity contribution in [3.05, 3.63) is 111 Å². The van der Waals surface area contributed by atoms with Gasteiger partial charge in [-0.05, 0) is 49.4 Å². The number of hydrogen-bond acceptors (Lipinski definition) is 8. The van der Waals surface area contributed by atoms with Crippen LogP contribution in [0.4, 0.5) is 11.4 Å². The molecule has 5 rings (SSSR count). The van der Waals surface area contributed by atoms with Gasteiger partial charge in [-0.25, -0.2) is 13.2 Å². The summed E-state index contributed by atoms with van der Waals surface area (Å²) in [4.78, 5) is 51.5. The Bertz CT molecular complexity index is 1810. The molecule has 0 saturated heterocycles. The summed E-state index contributed by atoms with van der Waals surface area (Å²) in [7, 11) is -4.02. The molecule has 1 aromatic heterocycles. The quantitative estimate of drug-likeness (QED) is 0.248. The van der Waals surface area contributed by atoms with E-state index in [0.29, 0.717) is 5.56 Å². The molecule has 2 N–H and O–H groups in total. The van der Waals surface area contributed by atoms with Gasteiger partial charge in [-0.15, -0.1) is 11.3 Å². The zero-order valence-electron chi connectivity index (χ0n) is 20.6. The predicted octanol–water partition coefficient (Wildman–Crippen LogP) is 5.16. The molecule has 202 valence electrons. The van der Waals surface area contributed by atoms with E-state index in [1.54, 1.807) is 24.3 Å². The van der Waals surface area contributed by atoms with E-state index >= 15 is 0 Å². The maximum Gasteiger partial charge on any atom is 0.341 e. The van der Waals surface area contributed by atoms with E-state index in [2.05, 4.69) is 10.0 Å². The van der Waals surface area contributed by atoms with Crippen molar-refractivity contribution in [2.45, 2.75) is 17.2 Å². The largest absolute Gasteiger partial charge is 0.449 e. The highest BCUT2D eigenvalue weighted by atomic mass is 35.5. The highest BCUT2D eigenvalue weighted by Gasteiger charge is 2.30. The van der Waals surface area contributed by atoms with Gasteiger partial charge in [0.15, 0.2) is 17.7 Å². The van der Waals surface area contributed by atoms with Gasteiger partial charge < -0.3 is 10.1 Å². The van der Waals surface area contributed by atoms with Crippen molar-refractivity contribution >= 4 is 67.8 Å². The molecule has 4 aromatic rings. The summed E-state index contributed by atoms with van der Waals surface area (Å²) in [6.07, 6.45) is -1.29. The summed E-state index contributed by atoms with van der Waals surface area (Å²) in [6.45, 7) is 1.34. The zero-order valence-corrected chi connectivity index (χ0v) is 23.0. The van der Waals surface area contributed by atoms with Gasteiger partial charge in [-0.1, -0.05) is 48.0 Å². The van der Waals surface area contributed by atoms with Crippen molar-refractivity contribution < 1.29 is 32.3 Å². The molecular formula is C28H19ClN2O7S2. The molecule has 1 heterocycles. The van der Waals surface area contributed by atoms with Crippen LogP contribution in [0.1, 0.15) is 49.1 Å². The summed E-state index contributed by atoms with van der Waals surface area (Å²) in [6, 6.07) is 19.4. The molecule has 3 aromatic carbocycles. The number of esters is 1. The van der Waals surface area contributed by atoms with Crippen LogP contribution < -0.4 is 10.0 Å². The molecule has 1 aliphatic carbocycles. The van der Waals surface area contributed by atoms with E-state index in [1.165, 1.54) is 61.5 Å². The maximum absolute atomic E-state index is 13.0. The monoisotopic (exact) mass is 594 g/mol. The zero-order chi connectivity index (χ0) is 28.6. The van der Waals surface area contributed by atoms with Crippen LogP contribution >= 0.6 is 22.9 Å². The van der Waals surface area contributed by atoms with Crippen LogP contribution in [0.2, 0.25) is 4.34 Å². The number of thiophene rings is 1. The molecule has 0 saturated carbocycles. The van der Waals surface area contributed by atoms with Crippen LogP contribution in [-0.4, -0.2) is 38.0 Å². The number of ketones is 2. The molecule has 9 nitrogen and oxygen atoms in total. The predicted molar refractivity (Wildman–Crippen MR) is 150 cm³/mol. The molecule has 1 aliphatic rings. The van der Waals surface area contributed by atoms with Gasteiger partial charge in [0.25, 0.3) is 15.9 Å². The molecular weight excluding hydrogens is 576 g/mol. The van der Waals surface area contributed by atoms with Crippen LogP contribution in [-0.2, 0) is 19.6 Å². The number of halogens is 1. The standard InChI is InChI=1S/C28H19ClN2O7S2/c1-15(38-28(35)20-8-4-5-9-22(20)31-40(36,37)24-13-12-23(29)39-24)27(34)30-16-10-11-19-21(14-16)26(33)18-7-3-2-6-17(18)25(19)32/h2-15,31H,1H3,(H,30,34). The molecule has 40 heavy (non-hydrogen) atoms. The SMILES string of the molecule is CC(OC(=O)c1ccccc1NS(=O)(=O)c1ccc(Cl)s1)C(=O)Nc1ccc2c(c1)C(=O)c1ccccc1C2=O. The van der Waals surface area contributed by atoms with E-state index < -0.39 is 28.0 Å². The number of carbonyl (C=O) groups is 4. The number of hydrogen-bond donors (Lipinski definition) is 2. The Morgan fingerprint density at radius 3 is 2.15 bits per heavy atom.